The smallest absolute Gasteiger partial charge is 0.335 e. The standard InChI is InChI=1S/C13H15N5O4S/c1-14-23(21,22)7-6-17-13-16-5-3-10(18-13)11-8-9(12(19)20)2-4-15-11/h2-5,8,14H,6-7H2,1H3,(H,19,20)(H,16,17,18). The molecule has 2 rings (SSSR count). The van der Waals surface area contributed by atoms with E-state index in [2.05, 4.69) is 25.0 Å². The highest BCUT2D eigenvalue weighted by molar-refractivity contribution is 7.89. The molecule has 0 atom stereocenters. The second-order valence-electron chi connectivity index (χ2n) is 4.45. The Morgan fingerprint density at radius 1 is 1.22 bits per heavy atom. The summed E-state index contributed by atoms with van der Waals surface area (Å²) in [5.41, 5.74) is 0.920. The molecule has 2 aromatic rings. The number of hydrogen-bond donors (Lipinski definition) is 3. The molecule has 3 N–H and O–H groups in total. The largest absolute Gasteiger partial charge is 0.478 e. The summed E-state index contributed by atoms with van der Waals surface area (Å²) in [6.07, 6.45) is 2.86. The first-order valence-corrected chi connectivity index (χ1v) is 8.24. The maximum absolute atomic E-state index is 11.3. The van der Waals surface area contributed by atoms with Crippen molar-refractivity contribution in [2.45, 2.75) is 0 Å². The van der Waals surface area contributed by atoms with Gasteiger partial charge in [0.05, 0.1) is 22.7 Å². The van der Waals surface area contributed by atoms with Gasteiger partial charge in [0.25, 0.3) is 0 Å². The minimum atomic E-state index is -3.31. The topological polar surface area (TPSA) is 134 Å². The van der Waals surface area contributed by atoms with Crippen LogP contribution in [0.15, 0.2) is 30.6 Å². The molecule has 0 aliphatic heterocycles. The van der Waals surface area contributed by atoms with Gasteiger partial charge >= 0.3 is 5.97 Å². The number of carboxylic acids is 1. The Kier molecular flexibility index (Phi) is 5.19. The van der Waals surface area contributed by atoms with Gasteiger partial charge in [-0.05, 0) is 25.2 Å². The molecule has 0 aromatic carbocycles. The molecular weight excluding hydrogens is 322 g/mol. The highest BCUT2D eigenvalue weighted by Gasteiger charge is 2.09. The van der Waals surface area contributed by atoms with Crippen LogP contribution in [0.5, 0.6) is 0 Å². The predicted molar refractivity (Wildman–Crippen MR) is 83.6 cm³/mol. The molecule has 0 bridgehead atoms. The molecule has 122 valence electrons. The zero-order valence-corrected chi connectivity index (χ0v) is 13.0. The number of aromatic nitrogens is 3. The SMILES string of the molecule is CNS(=O)(=O)CCNc1nccc(-c2cc(C(=O)O)ccn2)n1. The van der Waals surface area contributed by atoms with Gasteiger partial charge in [-0.3, -0.25) is 4.98 Å². The van der Waals surface area contributed by atoms with E-state index >= 15 is 0 Å². The van der Waals surface area contributed by atoms with Crippen molar-refractivity contribution in [2.75, 3.05) is 24.7 Å². The first-order chi connectivity index (χ1) is 10.9. The molecule has 10 heteroatoms. The monoisotopic (exact) mass is 337 g/mol. The van der Waals surface area contributed by atoms with E-state index < -0.39 is 16.0 Å². The third-order valence-corrected chi connectivity index (χ3v) is 4.25. The van der Waals surface area contributed by atoms with Crippen LogP contribution in [0.4, 0.5) is 5.95 Å². The third-order valence-electron chi connectivity index (χ3n) is 2.89. The summed E-state index contributed by atoms with van der Waals surface area (Å²) in [6, 6.07) is 4.37. The van der Waals surface area contributed by atoms with Crippen LogP contribution in [0.3, 0.4) is 0 Å². The Labute approximate surface area is 132 Å². The minimum absolute atomic E-state index is 0.100. The molecule has 0 amide bonds. The van der Waals surface area contributed by atoms with Gasteiger partial charge in [0, 0.05) is 18.9 Å². The number of sulfonamides is 1. The molecule has 9 nitrogen and oxygen atoms in total. The van der Waals surface area contributed by atoms with Crippen LogP contribution >= 0.6 is 0 Å². The Morgan fingerprint density at radius 3 is 2.65 bits per heavy atom. The van der Waals surface area contributed by atoms with E-state index in [1.54, 1.807) is 6.07 Å². The zero-order valence-electron chi connectivity index (χ0n) is 12.2. The number of aromatic carboxylic acids is 1. The van der Waals surface area contributed by atoms with Crippen molar-refractivity contribution in [2.24, 2.45) is 0 Å². The zero-order chi connectivity index (χ0) is 16.9. The van der Waals surface area contributed by atoms with Crippen LogP contribution in [0, 0.1) is 0 Å². The summed E-state index contributed by atoms with van der Waals surface area (Å²) >= 11 is 0. The van der Waals surface area contributed by atoms with Crippen molar-refractivity contribution in [3.05, 3.63) is 36.2 Å². The van der Waals surface area contributed by atoms with Gasteiger partial charge in [-0.1, -0.05) is 0 Å². The highest BCUT2D eigenvalue weighted by atomic mass is 32.2. The van der Waals surface area contributed by atoms with Crippen molar-refractivity contribution < 1.29 is 18.3 Å². The number of carboxylic acid groups (broad SMARTS) is 1. The molecule has 0 aliphatic rings. The van der Waals surface area contributed by atoms with E-state index in [-0.39, 0.29) is 23.8 Å². The molecule has 2 heterocycles. The minimum Gasteiger partial charge on any atom is -0.478 e. The van der Waals surface area contributed by atoms with Gasteiger partial charge in [-0.15, -0.1) is 0 Å². The molecular formula is C13H15N5O4S. The van der Waals surface area contributed by atoms with Crippen LogP contribution < -0.4 is 10.0 Å². The highest BCUT2D eigenvalue weighted by Crippen LogP contribution is 2.16. The molecule has 0 unspecified atom stereocenters. The molecule has 0 fully saturated rings. The fourth-order valence-electron chi connectivity index (χ4n) is 1.69. The second-order valence-corrected chi connectivity index (χ2v) is 6.50. The summed E-state index contributed by atoms with van der Waals surface area (Å²) in [6.45, 7) is 0.134. The lowest BCUT2D eigenvalue weighted by Crippen LogP contribution is -2.26. The molecule has 0 spiro atoms. The quantitative estimate of drug-likeness (QED) is 0.652. The van der Waals surface area contributed by atoms with E-state index in [4.69, 9.17) is 5.11 Å². The van der Waals surface area contributed by atoms with Crippen LogP contribution in [0.2, 0.25) is 0 Å². The van der Waals surface area contributed by atoms with Gasteiger partial charge < -0.3 is 10.4 Å². The summed E-state index contributed by atoms with van der Waals surface area (Å²) in [5.74, 6) is -0.946. The molecule has 0 saturated heterocycles. The molecule has 0 aliphatic carbocycles. The molecule has 0 radical (unpaired) electrons. The maximum Gasteiger partial charge on any atom is 0.335 e. The fraction of sp³-hybridized carbons (Fsp3) is 0.231. The van der Waals surface area contributed by atoms with Crippen LogP contribution in [-0.4, -0.2) is 53.8 Å². The Balaban J connectivity index is 2.14. The normalized spacial score (nSPS) is 11.2. The lowest BCUT2D eigenvalue weighted by atomic mass is 10.2. The van der Waals surface area contributed by atoms with E-state index in [9.17, 15) is 13.2 Å². The fourth-order valence-corrected chi connectivity index (χ4v) is 2.26. The summed E-state index contributed by atoms with van der Waals surface area (Å²) in [7, 11) is -1.97. The number of pyridine rings is 1. The maximum atomic E-state index is 11.3. The Morgan fingerprint density at radius 2 is 1.96 bits per heavy atom. The molecule has 2 aromatic heterocycles. The Bertz CT molecular complexity index is 810. The molecule has 23 heavy (non-hydrogen) atoms. The average molecular weight is 337 g/mol. The van der Waals surface area contributed by atoms with Crippen molar-refractivity contribution in [1.82, 2.24) is 19.7 Å². The first-order valence-electron chi connectivity index (χ1n) is 6.59. The lowest BCUT2D eigenvalue weighted by Gasteiger charge is -2.07. The van der Waals surface area contributed by atoms with E-state index in [0.29, 0.717) is 11.4 Å². The van der Waals surface area contributed by atoms with Gasteiger partial charge in [0.2, 0.25) is 16.0 Å². The van der Waals surface area contributed by atoms with Gasteiger partial charge in [-0.25, -0.2) is 27.9 Å². The van der Waals surface area contributed by atoms with Crippen molar-refractivity contribution >= 4 is 21.9 Å². The number of rotatable bonds is 7. The van der Waals surface area contributed by atoms with Crippen LogP contribution in [0.1, 0.15) is 10.4 Å². The summed E-state index contributed by atoms with van der Waals surface area (Å²) < 4.78 is 24.9. The number of hydrogen-bond acceptors (Lipinski definition) is 7. The van der Waals surface area contributed by atoms with Gasteiger partial charge in [0.15, 0.2) is 0 Å². The lowest BCUT2D eigenvalue weighted by molar-refractivity contribution is 0.0697. The van der Waals surface area contributed by atoms with Crippen LogP contribution in [-0.2, 0) is 10.0 Å². The number of nitrogens with one attached hydrogen (secondary N) is 2. The number of carbonyl (C=O) groups is 1. The number of nitrogens with zero attached hydrogens (tertiary/aromatic N) is 3. The molecule has 0 saturated carbocycles. The van der Waals surface area contributed by atoms with E-state index in [1.165, 1.54) is 31.6 Å². The second kappa shape index (κ2) is 7.11. The number of anilines is 1. The van der Waals surface area contributed by atoms with Gasteiger partial charge in [0.1, 0.15) is 0 Å². The summed E-state index contributed by atoms with van der Waals surface area (Å²) in [5, 5.41) is 11.8. The van der Waals surface area contributed by atoms with Crippen molar-refractivity contribution in [1.29, 1.82) is 0 Å². The summed E-state index contributed by atoms with van der Waals surface area (Å²) in [4.78, 5) is 23.2. The van der Waals surface area contributed by atoms with Crippen molar-refractivity contribution in [3.8, 4) is 11.4 Å². The van der Waals surface area contributed by atoms with Gasteiger partial charge in [-0.2, -0.15) is 0 Å². The third kappa shape index (κ3) is 4.69. The average Bonchev–Trinajstić information content (AvgIpc) is 2.55. The van der Waals surface area contributed by atoms with E-state index in [0.717, 1.165) is 0 Å². The van der Waals surface area contributed by atoms with E-state index in [1.807, 2.05) is 0 Å². The Hall–Kier alpha value is -2.59. The van der Waals surface area contributed by atoms with Crippen LogP contribution in [0.25, 0.3) is 11.4 Å². The first kappa shape index (κ1) is 16.8. The van der Waals surface area contributed by atoms with Crippen molar-refractivity contribution in [3.63, 3.8) is 0 Å². The predicted octanol–water partition coefficient (Wildman–Crippen LogP) is 0.198.